The minimum absolute atomic E-state index is 0.230. The van der Waals surface area contributed by atoms with E-state index < -0.39 is 11.4 Å². The van der Waals surface area contributed by atoms with E-state index >= 15 is 0 Å². The number of halogens is 3. The first-order valence-corrected chi connectivity index (χ1v) is 7.10. The zero-order valence-corrected chi connectivity index (χ0v) is 12.9. The molecule has 3 nitrogen and oxygen atoms in total. The molecule has 1 aliphatic heterocycles. The Kier molecular flexibility index (Phi) is 3.13. The quantitative estimate of drug-likeness (QED) is 0.795. The van der Waals surface area contributed by atoms with E-state index in [1.54, 1.807) is 12.1 Å². The van der Waals surface area contributed by atoms with Crippen LogP contribution in [0.25, 0.3) is 0 Å². The Labute approximate surface area is 128 Å². The fourth-order valence-electron chi connectivity index (χ4n) is 2.43. The van der Waals surface area contributed by atoms with Crippen LogP contribution in [-0.4, -0.2) is 14.8 Å². The summed E-state index contributed by atoms with van der Waals surface area (Å²) in [6.45, 7) is 2.10. The molecule has 7 heteroatoms. The van der Waals surface area contributed by atoms with Crippen molar-refractivity contribution in [2.75, 3.05) is 0 Å². The second kappa shape index (κ2) is 4.60. The van der Waals surface area contributed by atoms with Crippen LogP contribution >= 0.6 is 28.1 Å². The van der Waals surface area contributed by atoms with Crippen LogP contribution in [0.2, 0.25) is 0 Å². The van der Waals surface area contributed by atoms with Crippen LogP contribution in [0.3, 0.4) is 0 Å². The highest BCUT2D eigenvalue weighted by atomic mass is 79.9. The average molecular weight is 358 g/mol. The molecule has 0 aliphatic carbocycles. The highest BCUT2D eigenvalue weighted by Crippen LogP contribution is 2.31. The SMILES string of the molecule is CC1(c2cc(Br)ccc2F)Cn2ncc(F)c2C(=S)N1. The van der Waals surface area contributed by atoms with Gasteiger partial charge in [-0.2, -0.15) is 5.10 Å². The molecule has 0 spiro atoms. The van der Waals surface area contributed by atoms with Crippen molar-refractivity contribution in [1.29, 1.82) is 0 Å². The standard InChI is InChI=1S/C13H10BrF2N3S/c1-13(8-4-7(14)2-3-9(8)15)6-19-11(12(20)18-13)10(16)5-17-19/h2-5H,6H2,1H3,(H,18,20). The molecule has 0 saturated carbocycles. The van der Waals surface area contributed by atoms with Gasteiger partial charge in [0.05, 0.1) is 18.3 Å². The first-order valence-electron chi connectivity index (χ1n) is 5.90. The Bertz CT molecular complexity index is 716. The van der Waals surface area contributed by atoms with Gasteiger partial charge in [-0.1, -0.05) is 28.1 Å². The maximum absolute atomic E-state index is 14.1. The number of hydrogen-bond acceptors (Lipinski definition) is 2. The number of nitrogens with zero attached hydrogens (tertiary/aromatic N) is 2. The number of fused-ring (bicyclic) bond motifs is 1. The maximum Gasteiger partial charge on any atom is 0.171 e. The van der Waals surface area contributed by atoms with E-state index in [1.807, 2.05) is 6.92 Å². The van der Waals surface area contributed by atoms with Gasteiger partial charge in [0.2, 0.25) is 0 Å². The fraction of sp³-hybridized carbons (Fsp3) is 0.231. The molecule has 104 valence electrons. The molecule has 0 radical (unpaired) electrons. The summed E-state index contributed by atoms with van der Waals surface area (Å²) in [5, 5.41) is 6.99. The third-order valence-corrected chi connectivity index (χ3v) is 4.18. The molecule has 20 heavy (non-hydrogen) atoms. The number of benzene rings is 1. The van der Waals surface area contributed by atoms with Gasteiger partial charge in [-0.15, -0.1) is 0 Å². The van der Waals surface area contributed by atoms with Gasteiger partial charge in [-0.05, 0) is 25.1 Å². The lowest BCUT2D eigenvalue weighted by Crippen LogP contribution is -2.52. The van der Waals surface area contributed by atoms with Crippen molar-refractivity contribution >= 4 is 33.1 Å². The van der Waals surface area contributed by atoms with E-state index in [1.165, 1.54) is 10.7 Å². The first kappa shape index (κ1) is 13.6. The summed E-state index contributed by atoms with van der Waals surface area (Å²) in [7, 11) is 0. The maximum atomic E-state index is 14.1. The van der Waals surface area contributed by atoms with Crippen molar-refractivity contribution in [2.45, 2.75) is 19.0 Å². The molecule has 0 saturated heterocycles. The van der Waals surface area contributed by atoms with Crippen LogP contribution in [0.15, 0.2) is 28.9 Å². The topological polar surface area (TPSA) is 29.9 Å². The predicted octanol–water partition coefficient (Wildman–Crippen LogP) is 3.12. The van der Waals surface area contributed by atoms with Crippen molar-refractivity contribution < 1.29 is 8.78 Å². The summed E-state index contributed by atoms with van der Waals surface area (Å²) in [5.74, 6) is -0.818. The fourth-order valence-corrected chi connectivity index (χ4v) is 3.22. The van der Waals surface area contributed by atoms with E-state index in [0.717, 1.165) is 10.7 Å². The van der Waals surface area contributed by atoms with Gasteiger partial charge in [0.25, 0.3) is 0 Å². The Hall–Kier alpha value is -1.34. The van der Waals surface area contributed by atoms with E-state index in [-0.39, 0.29) is 16.5 Å². The van der Waals surface area contributed by atoms with Gasteiger partial charge in [-0.25, -0.2) is 8.78 Å². The normalized spacial score (nSPS) is 21.5. The second-order valence-corrected chi connectivity index (χ2v) is 6.23. The molecule has 1 atom stereocenters. The third-order valence-electron chi connectivity index (χ3n) is 3.39. The molecule has 1 aromatic carbocycles. The summed E-state index contributed by atoms with van der Waals surface area (Å²) in [5.41, 5.74) is -0.0835. The number of nitrogens with one attached hydrogen (secondary N) is 1. The minimum atomic E-state index is -0.781. The summed E-state index contributed by atoms with van der Waals surface area (Å²) in [6, 6.07) is 4.70. The lowest BCUT2D eigenvalue weighted by atomic mass is 9.90. The van der Waals surface area contributed by atoms with Gasteiger partial charge >= 0.3 is 0 Å². The lowest BCUT2D eigenvalue weighted by Gasteiger charge is -2.37. The monoisotopic (exact) mass is 357 g/mol. The molecule has 1 unspecified atom stereocenters. The van der Waals surface area contributed by atoms with Gasteiger partial charge < -0.3 is 5.32 Å². The summed E-state index contributed by atoms with van der Waals surface area (Å²) in [4.78, 5) is 0.230. The largest absolute Gasteiger partial charge is 0.363 e. The molecule has 1 N–H and O–H groups in total. The Morgan fingerprint density at radius 3 is 2.90 bits per heavy atom. The van der Waals surface area contributed by atoms with Crippen LogP contribution in [0, 0.1) is 11.6 Å². The number of thiocarbonyl (C=S) groups is 1. The van der Waals surface area contributed by atoms with Crippen molar-refractivity contribution in [3.8, 4) is 0 Å². The molecule has 0 fully saturated rings. The number of aromatic nitrogens is 2. The predicted molar refractivity (Wildman–Crippen MR) is 78.5 cm³/mol. The van der Waals surface area contributed by atoms with E-state index in [2.05, 4.69) is 26.3 Å². The summed E-state index contributed by atoms with van der Waals surface area (Å²) < 4.78 is 29.9. The van der Waals surface area contributed by atoms with Crippen molar-refractivity contribution in [1.82, 2.24) is 15.1 Å². The van der Waals surface area contributed by atoms with E-state index in [9.17, 15) is 8.78 Å². The van der Waals surface area contributed by atoms with E-state index in [4.69, 9.17) is 12.2 Å². The minimum Gasteiger partial charge on any atom is -0.363 e. The van der Waals surface area contributed by atoms with Gasteiger partial charge in [0.1, 0.15) is 16.5 Å². The molecular weight excluding hydrogens is 348 g/mol. The van der Waals surface area contributed by atoms with Crippen molar-refractivity contribution in [2.24, 2.45) is 0 Å². The molecule has 2 aromatic rings. The van der Waals surface area contributed by atoms with Crippen LogP contribution < -0.4 is 5.32 Å². The lowest BCUT2D eigenvalue weighted by molar-refractivity contribution is 0.319. The Morgan fingerprint density at radius 2 is 2.15 bits per heavy atom. The molecular formula is C13H10BrF2N3S. The zero-order chi connectivity index (χ0) is 14.5. The highest BCUT2D eigenvalue weighted by molar-refractivity contribution is 9.10. The van der Waals surface area contributed by atoms with Crippen LogP contribution in [0.1, 0.15) is 18.2 Å². The molecule has 2 heterocycles. The molecule has 0 amide bonds. The van der Waals surface area contributed by atoms with Crippen molar-refractivity contribution in [3.05, 3.63) is 51.8 Å². The smallest absolute Gasteiger partial charge is 0.171 e. The zero-order valence-electron chi connectivity index (χ0n) is 10.5. The molecule has 0 bridgehead atoms. The summed E-state index contributed by atoms with van der Waals surface area (Å²) >= 11 is 8.51. The van der Waals surface area contributed by atoms with Crippen molar-refractivity contribution in [3.63, 3.8) is 0 Å². The number of hydrogen-bond donors (Lipinski definition) is 1. The third kappa shape index (κ3) is 2.05. The van der Waals surface area contributed by atoms with Gasteiger partial charge in [0.15, 0.2) is 5.82 Å². The van der Waals surface area contributed by atoms with E-state index in [0.29, 0.717) is 12.1 Å². The van der Waals surface area contributed by atoms with Gasteiger partial charge in [-0.3, -0.25) is 4.68 Å². The molecule has 1 aliphatic rings. The average Bonchev–Trinajstić information content (AvgIpc) is 2.73. The van der Waals surface area contributed by atoms with Crippen LogP contribution in [0.5, 0.6) is 0 Å². The van der Waals surface area contributed by atoms with Crippen LogP contribution in [0.4, 0.5) is 8.78 Å². The molecule has 3 rings (SSSR count). The Morgan fingerprint density at radius 1 is 1.40 bits per heavy atom. The first-order chi connectivity index (χ1) is 9.40. The van der Waals surface area contributed by atoms with Gasteiger partial charge in [0, 0.05) is 10.0 Å². The summed E-state index contributed by atoms with van der Waals surface area (Å²) in [6.07, 6.45) is 1.12. The van der Waals surface area contributed by atoms with Crippen LogP contribution in [-0.2, 0) is 12.1 Å². The highest BCUT2D eigenvalue weighted by Gasteiger charge is 2.37. The number of rotatable bonds is 1. The molecule has 1 aromatic heterocycles. The second-order valence-electron chi connectivity index (χ2n) is 4.91. The Balaban J connectivity index is 2.11.